The molecule has 1 unspecified atom stereocenters. The summed E-state index contributed by atoms with van der Waals surface area (Å²) < 4.78 is 11.4. The van der Waals surface area contributed by atoms with Gasteiger partial charge in [-0.15, -0.1) is 11.3 Å². The molecule has 0 aliphatic carbocycles. The Labute approximate surface area is 211 Å². The van der Waals surface area contributed by atoms with Crippen LogP contribution < -0.4 is 9.47 Å². The smallest absolute Gasteiger partial charge is 0.254 e. The number of aryl methyl sites for hydroxylation is 1. The van der Waals surface area contributed by atoms with Crippen molar-refractivity contribution in [3.8, 4) is 11.5 Å². The van der Waals surface area contributed by atoms with Crippen LogP contribution in [0.2, 0.25) is 0 Å². The Morgan fingerprint density at radius 3 is 2.54 bits per heavy atom. The van der Waals surface area contributed by atoms with Crippen LogP contribution in [0.25, 0.3) is 0 Å². The van der Waals surface area contributed by atoms with Crippen molar-refractivity contribution in [1.29, 1.82) is 0 Å². The molecule has 2 aromatic carbocycles. The fourth-order valence-corrected chi connectivity index (χ4v) is 5.31. The predicted molar refractivity (Wildman–Crippen MR) is 138 cm³/mol. The van der Waals surface area contributed by atoms with Crippen LogP contribution in [0.1, 0.15) is 46.3 Å². The zero-order chi connectivity index (χ0) is 24.9. The van der Waals surface area contributed by atoms with E-state index in [2.05, 4.69) is 11.4 Å². The number of rotatable bonds is 8. The minimum absolute atomic E-state index is 0.0167. The molecule has 0 saturated carbocycles. The lowest BCUT2D eigenvalue weighted by Gasteiger charge is -2.37. The number of ether oxygens (including phenoxy) is 2. The second-order valence-corrected chi connectivity index (χ2v) is 9.98. The molecule has 6 nitrogen and oxygen atoms in total. The van der Waals surface area contributed by atoms with Crippen molar-refractivity contribution in [2.45, 2.75) is 39.3 Å². The Kier molecular flexibility index (Phi) is 7.76. The van der Waals surface area contributed by atoms with Crippen LogP contribution >= 0.6 is 11.3 Å². The number of thiophene rings is 1. The lowest BCUT2D eigenvalue weighted by molar-refractivity contribution is -0.136. The topological polar surface area (TPSA) is 59.1 Å². The first-order chi connectivity index (χ1) is 16.9. The Morgan fingerprint density at radius 2 is 1.86 bits per heavy atom. The summed E-state index contributed by atoms with van der Waals surface area (Å²) in [5, 5.41) is 2.08. The summed E-state index contributed by atoms with van der Waals surface area (Å²) in [6.45, 7) is 6.87. The zero-order valence-corrected chi connectivity index (χ0v) is 21.5. The average Bonchev–Trinajstić information content (AvgIpc) is 3.35. The summed E-state index contributed by atoms with van der Waals surface area (Å²) in [6.07, 6.45) is 0.813. The molecular formula is C28H32N2O4S. The molecule has 0 spiro atoms. The maximum absolute atomic E-state index is 13.6. The molecule has 4 rings (SSSR count). The highest BCUT2D eigenvalue weighted by atomic mass is 32.1. The quantitative estimate of drug-likeness (QED) is 0.438. The van der Waals surface area contributed by atoms with Gasteiger partial charge in [0.1, 0.15) is 24.7 Å². The molecule has 1 aromatic heterocycles. The van der Waals surface area contributed by atoms with Crippen LogP contribution in [0.4, 0.5) is 0 Å². The molecule has 0 saturated heterocycles. The predicted octanol–water partition coefficient (Wildman–Crippen LogP) is 5.12. The molecule has 0 bridgehead atoms. The number of hydrogen-bond acceptors (Lipinski definition) is 5. The van der Waals surface area contributed by atoms with E-state index in [0.29, 0.717) is 24.5 Å². The normalized spacial score (nSPS) is 15.0. The van der Waals surface area contributed by atoms with Gasteiger partial charge in [-0.25, -0.2) is 0 Å². The number of hydrogen-bond donors (Lipinski definition) is 0. The molecule has 2 amide bonds. The number of fused-ring (bicyclic) bond motifs is 1. The monoisotopic (exact) mass is 492 g/mol. The molecule has 2 heterocycles. The first-order valence-electron chi connectivity index (χ1n) is 11.9. The highest BCUT2D eigenvalue weighted by Crippen LogP contribution is 2.34. The maximum Gasteiger partial charge on any atom is 0.254 e. The minimum Gasteiger partial charge on any atom is -0.497 e. The van der Waals surface area contributed by atoms with Gasteiger partial charge in [-0.05, 0) is 80.1 Å². The molecule has 0 fully saturated rings. The minimum atomic E-state index is -0.192. The average molecular weight is 493 g/mol. The van der Waals surface area contributed by atoms with Crippen LogP contribution in [0.3, 0.4) is 0 Å². The first-order valence-corrected chi connectivity index (χ1v) is 12.8. The molecule has 0 radical (unpaired) electrons. The van der Waals surface area contributed by atoms with E-state index in [1.165, 1.54) is 4.88 Å². The SMILES string of the molecule is COc1ccc(C(=O)N(CC(=O)N2CCc3sccc3C2COc2ccccc2C)C(C)C)cc1. The summed E-state index contributed by atoms with van der Waals surface area (Å²) in [4.78, 5) is 31.7. The first kappa shape index (κ1) is 24.8. The van der Waals surface area contributed by atoms with E-state index in [1.807, 2.05) is 49.9 Å². The summed E-state index contributed by atoms with van der Waals surface area (Å²) in [6, 6.07) is 16.7. The number of amides is 2. The summed E-state index contributed by atoms with van der Waals surface area (Å²) in [5.74, 6) is 1.26. The third-order valence-electron chi connectivity index (χ3n) is 6.43. The van der Waals surface area contributed by atoms with Gasteiger partial charge < -0.3 is 19.3 Å². The van der Waals surface area contributed by atoms with Gasteiger partial charge in [0.15, 0.2) is 0 Å². The van der Waals surface area contributed by atoms with Crippen LogP contribution in [-0.2, 0) is 11.2 Å². The summed E-state index contributed by atoms with van der Waals surface area (Å²) in [7, 11) is 1.59. The van der Waals surface area contributed by atoms with Crippen molar-refractivity contribution in [2.75, 3.05) is 26.8 Å². The second kappa shape index (κ2) is 11.0. The van der Waals surface area contributed by atoms with Crippen molar-refractivity contribution in [3.63, 3.8) is 0 Å². The number of benzene rings is 2. The van der Waals surface area contributed by atoms with Gasteiger partial charge in [0.05, 0.1) is 13.2 Å². The van der Waals surface area contributed by atoms with E-state index < -0.39 is 0 Å². The molecule has 1 atom stereocenters. The van der Waals surface area contributed by atoms with Crippen molar-refractivity contribution < 1.29 is 19.1 Å². The van der Waals surface area contributed by atoms with Gasteiger partial charge >= 0.3 is 0 Å². The van der Waals surface area contributed by atoms with E-state index >= 15 is 0 Å². The van der Waals surface area contributed by atoms with Crippen LogP contribution in [-0.4, -0.2) is 54.5 Å². The van der Waals surface area contributed by atoms with E-state index in [0.717, 1.165) is 23.3 Å². The molecule has 1 aliphatic heterocycles. The number of methoxy groups -OCH3 is 1. The standard InChI is InChI=1S/C28H32N2O4S/c1-19(2)30(28(32)21-9-11-22(33-4)12-10-21)17-27(31)29-15-13-26-23(14-16-35-26)24(29)18-34-25-8-6-5-7-20(25)3/h5-12,14,16,19,24H,13,15,17-18H2,1-4H3. The largest absolute Gasteiger partial charge is 0.497 e. The molecular weight excluding hydrogens is 460 g/mol. The summed E-state index contributed by atoms with van der Waals surface area (Å²) >= 11 is 1.72. The van der Waals surface area contributed by atoms with Crippen molar-refractivity contribution in [3.05, 3.63) is 81.5 Å². The van der Waals surface area contributed by atoms with Crippen LogP contribution in [0.5, 0.6) is 11.5 Å². The Bertz CT molecular complexity index is 1170. The van der Waals surface area contributed by atoms with E-state index in [4.69, 9.17) is 9.47 Å². The van der Waals surface area contributed by atoms with Crippen LogP contribution in [0, 0.1) is 6.92 Å². The highest BCUT2D eigenvalue weighted by molar-refractivity contribution is 7.10. The van der Waals surface area contributed by atoms with Gasteiger partial charge in [-0.1, -0.05) is 18.2 Å². The van der Waals surface area contributed by atoms with E-state index in [9.17, 15) is 9.59 Å². The van der Waals surface area contributed by atoms with Crippen molar-refractivity contribution in [1.82, 2.24) is 9.80 Å². The van der Waals surface area contributed by atoms with Gasteiger partial charge in [0.2, 0.25) is 5.91 Å². The lowest BCUT2D eigenvalue weighted by atomic mass is 10.00. The number of carbonyl (C=O) groups excluding carboxylic acids is 2. The maximum atomic E-state index is 13.6. The molecule has 3 aromatic rings. The van der Waals surface area contributed by atoms with Crippen molar-refractivity contribution in [2.24, 2.45) is 0 Å². The molecule has 1 aliphatic rings. The molecule has 184 valence electrons. The number of nitrogens with zero attached hydrogens (tertiary/aromatic N) is 2. The van der Waals surface area contributed by atoms with E-state index in [-0.39, 0.29) is 30.4 Å². The van der Waals surface area contributed by atoms with Gasteiger partial charge in [-0.2, -0.15) is 0 Å². The van der Waals surface area contributed by atoms with Crippen LogP contribution in [0.15, 0.2) is 60.0 Å². The molecule has 7 heteroatoms. The second-order valence-electron chi connectivity index (χ2n) is 8.98. The van der Waals surface area contributed by atoms with Gasteiger partial charge in [0, 0.05) is 23.0 Å². The Morgan fingerprint density at radius 1 is 1.11 bits per heavy atom. The third-order valence-corrected chi connectivity index (χ3v) is 7.43. The molecule has 0 N–H and O–H groups in total. The number of para-hydroxylation sites is 1. The molecule has 35 heavy (non-hydrogen) atoms. The zero-order valence-electron chi connectivity index (χ0n) is 20.7. The Balaban J connectivity index is 1.53. The number of carbonyl (C=O) groups is 2. The van der Waals surface area contributed by atoms with E-state index in [1.54, 1.807) is 47.6 Å². The van der Waals surface area contributed by atoms with Gasteiger partial charge in [0.25, 0.3) is 5.91 Å². The summed E-state index contributed by atoms with van der Waals surface area (Å²) in [5.41, 5.74) is 2.73. The lowest BCUT2D eigenvalue weighted by Crippen LogP contribution is -2.49. The highest BCUT2D eigenvalue weighted by Gasteiger charge is 2.34. The Hall–Kier alpha value is -3.32. The van der Waals surface area contributed by atoms with Crippen molar-refractivity contribution >= 4 is 23.2 Å². The fourth-order valence-electron chi connectivity index (χ4n) is 4.39. The fraction of sp³-hybridized carbons (Fsp3) is 0.357. The third kappa shape index (κ3) is 5.51. The van der Waals surface area contributed by atoms with Gasteiger partial charge in [-0.3, -0.25) is 9.59 Å².